The predicted octanol–water partition coefficient (Wildman–Crippen LogP) is 3.11. The van der Waals surface area contributed by atoms with Crippen molar-refractivity contribution in [3.63, 3.8) is 0 Å². The first-order valence-corrected chi connectivity index (χ1v) is 5.31. The number of benzene rings is 1. The summed E-state index contributed by atoms with van der Waals surface area (Å²) in [4.78, 5) is 11.1. The second-order valence-corrected chi connectivity index (χ2v) is 3.66. The molecule has 1 rings (SSSR count). The molecule has 1 aromatic rings. The van der Waals surface area contributed by atoms with Gasteiger partial charge in [0, 0.05) is 17.1 Å². The number of rotatable bonds is 4. The number of carbonyl (C=O) groups excluding carboxylic acids is 1. The molecule has 0 amide bonds. The molecule has 0 saturated heterocycles. The van der Waals surface area contributed by atoms with Crippen LogP contribution in [0.15, 0.2) is 24.3 Å². The number of ketones is 1. The Morgan fingerprint density at radius 3 is 2.80 bits per heavy atom. The third-order valence-electron chi connectivity index (χ3n) is 2.07. The molecule has 2 nitrogen and oxygen atoms in total. The maximum atomic E-state index is 11.1. The minimum atomic E-state index is 0.0259. The van der Waals surface area contributed by atoms with Gasteiger partial charge in [-0.05, 0) is 25.0 Å². The molecule has 0 aliphatic heterocycles. The Kier molecular flexibility index (Phi) is 4.37. The van der Waals surface area contributed by atoms with Crippen LogP contribution in [0.2, 0.25) is 0 Å². The average molecular weight is 224 g/mol. The number of hydrogen-bond acceptors (Lipinski definition) is 2. The fraction of sp³-hybridized carbons (Fsp3) is 0.250. The number of nitrogens with two attached hydrogens (primary N) is 1. The summed E-state index contributed by atoms with van der Waals surface area (Å²) in [6.07, 6.45) is 4.70. The van der Waals surface area contributed by atoms with E-state index in [0.29, 0.717) is 17.1 Å². The standard InChI is InChI=1S/C12H14ClNO/c1-9(15)11-6-5-10(12(14)8-11)4-2-3-7-13/h2,4-6,8H,3,7,14H2,1H3. The molecule has 0 spiro atoms. The van der Waals surface area contributed by atoms with Crippen molar-refractivity contribution in [2.75, 3.05) is 11.6 Å². The van der Waals surface area contributed by atoms with Crippen molar-refractivity contribution in [2.24, 2.45) is 0 Å². The van der Waals surface area contributed by atoms with Crippen molar-refractivity contribution in [2.45, 2.75) is 13.3 Å². The second-order valence-electron chi connectivity index (χ2n) is 3.28. The van der Waals surface area contributed by atoms with Crippen LogP contribution in [0.1, 0.15) is 29.3 Å². The first-order valence-electron chi connectivity index (χ1n) is 4.78. The fourth-order valence-electron chi connectivity index (χ4n) is 1.22. The van der Waals surface area contributed by atoms with Crippen LogP contribution in [0.25, 0.3) is 6.08 Å². The summed E-state index contributed by atoms with van der Waals surface area (Å²) in [5.74, 6) is 0.625. The summed E-state index contributed by atoms with van der Waals surface area (Å²) in [6.45, 7) is 1.53. The van der Waals surface area contributed by atoms with E-state index in [1.165, 1.54) is 6.92 Å². The van der Waals surface area contributed by atoms with E-state index in [2.05, 4.69) is 0 Å². The van der Waals surface area contributed by atoms with Crippen molar-refractivity contribution >= 4 is 29.1 Å². The quantitative estimate of drug-likeness (QED) is 0.484. The second kappa shape index (κ2) is 5.56. The minimum Gasteiger partial charge on any atom is -0.398 e. The van der Waals surface area contributed by atoms with E-state index in [4.69, 9.17) is 17.3 Å². The Morgan fingerprint density at radius 2 is 2.27 bits per heavy atom. The molecule has 0 aliphatic rings. The number of carbonyl (C=O) groups is 1. The molecule has 15 heavy (non-hydrogen) atoms. The Bertz CT molecular complexity index is 385. The molecule has 3 heteroatoms. The third-order valence-corrected chi connectivity index (χ3v) is 2.28. The molecular formula is C12H14ClNO. The van der Waals surface area contributed by atoms with E-state index in [1.807, 2.05) is 18.2 Å². The Hall–Kier alpha value is -1.28. The Labute approximate surface area is 94.7 Å². The largest absolute Gasteiger partial charge is 0.398 e. The van der Waals surface area contributed by atoms with Crippen LogP contribution >= 0.6 is 11.6 Å². The van der Waals surface area contributed by atoms with Crippen LogP contribution < -0.4 is 5.73 Å². The van der Waals surface area contributed by atoms with Crippen LogP contribution in [0.3, 0.4) is 0 Å². The molecule has 0 radical (unpaired) electrons. The predicted molar refractivity (Wildman–Crippen MR) is 65.2 cm³/mol. The Balaban J connectivity index is 2.88. The van der Waals surface area contributed by atoms with Crippen LogP contribution in [-0.4, -0.2) is 11.7 Å². The summed E-state index contributed by atoms with van der Waals surface area (Å²) in [7, 11) is 0. The van der Waals surface area contributed by atoms with E-state index in [1.54, 1.807) is 12.1 Å². The van der Waals surface area contributed by atoms with Gasteiger partial charge in [0.2, 0.25) is 0 Å². The molecule has 0 fully saturated rings. The molecule has 0 heterocycles. The lowest BCUT2D eigenvalue weighted by Crippen LogP contribution is -1.96. The lowest BCUT2D eigenvalue weighted by atomic mass is 10.1. The van der Waals surface area contributed by atoms with Crippen LogP contribution in [0.4, 0.5) is 5.69 Å². The van der Waals surface area contributed by atoms with Gasteiger partial charge in [-0.15, -0.1) is 11.6 Å². The van der Waals surface area contributed by atoms with Gasteiger partial charge >= 0.3 is 0 Å². The SMILES string of the molecule is CC(=O)c1ccc(C=CCCCl)c(N)c1. The molecule has 0 saturated carbocycles. The van der Waals surface area contributed by atoms with E-state index < -0.39 is 0 Å². The van der Waals surface area contributed by atoms with Crippen molar-refractivity contribution in [1.29, 1.82) is 0 Å². The normalized spacial score (nSPS) is 10.8. The zero-order chi connectivity index (χ0) is 11.3. The van der Waals surface area contributed by atoms with Crippen molar-refractivity contribution in [1.82, 2.24) is 0 Å². The maximum absolute atomic E-state index is 11.1. The van der Waals surface area contributed by atoms with Crippen LogP contribution in [-0.2, 0) is 0 Å². The molecule has 0 unspecified atom stereocenters. The number of hydrogen-bond donors (Lipinski definition) is 1. The van der Waals surface area contributed by atoms with Gasteiger partial charge < -0.3 is 5.73 Å². The zero-order valence-electron chi connectivity index (χ0n) is 8.66. The molecule has 0 aliphatic carbocycles. The van der Waals surface area contributed by atoms with Gasteiger partial charge in [-0.3, -0.25) is 4.79 Å². The first-order chi connectivity index (χ1) is 7.15. The number of alkyl halides is 1. The molecule has 1 aromatic carbocycles. The van der Waals surface area contributed by atoms with E-state index in [0.717, 1.165) is 12.0 Å². The Morgan fingerprint density at radius 1 is 1.53 bits per heavy atom. The van der Waals surface area contributed by atoms with Crippen molar-refractivity contribution in [3.05, 3.63) is 35.4 Å². The number of allylic oxidation sites excluding steroid dienone is 1. The summed E-state index contributed by atoms with van der Waals surface area (Å²) in [5, 5.41) is 0. The number of nitrogen functional groups attached to an aromatic ring is 1. The van der Waals surface area contributed by atoms with Gasteiger partial charge in [0.15, 0.2) is 5.78 Å². The first kappa shape index (κ1) is 11.8. The topological polar surface area (TPSA) is 43.1 Å². The van der Waals surface area contributed by atoms with Crippen molar-refractivity contribution in [3.8, 4) is 0 Å². The highest BCUT2D eigenvalue weighted by molar-refractivity contribution is 6.17. The van der Waals surface area contributed by atoms with Gasteiger partial charge in [0.1, 0.15) is 0 Å². The fourth-order valence-corrected chi connectivity index (χ4v) is 1.34. The van der Waals surface area contributed by atoms with Gasteiger partial charge in [-0.1, -0.05) is 24.3 Å². The van der Waals surface area contributed by atoms with Gasteiger partial charge in [0.25, 0.3) is 0 Å². The molecule has 2 N–H and O–H groups in total. The lowest BCUT2D eigenvalue weighted by Gasteiger charge is -2.02. The van der Waals surface area contributed by atoms with Gasteiger partial charge in [-0.25, -0.2) is 0 Å². The number of Topliss-reactive ketones (excluding diaryl/α,β-unsaturated/α-hetero) is 1. The van der Waals surface area contributed by atoms with Crippen LogP contribution in [0, 0.1) is 0 Å². The summed E-state index contributed by atoms with van der Waals surface area (Å²) < 4.78 is 0. The highest BCUT2D eigenvalue weighted by Crippen LogP contribution is 2.16. The third kappa shape index (κ3) is 3.40. The molecule has 80 valence electrons. The van der Waals surface area contributed by atoms with Crippen LogP contribution in [0.5, 0.6) is 0 Å². The lowest BCUT2D eigenvalue weighted by molar-refractivity contribution is 0.101. The summed E-state index contributed by atoms with van der Waals surface area (Å²) in [6, 6.07) is 5.32. The average Bonchev–Trinajstić information content (AvgIpc) is 2.20. The molecule has 0 aromatic heterocycles. The molecule has 0 atom stereocenters. The summed E-state index contributed by atoms with van der Waals surface area (Å²) in [5.41, 5.74) is 7.99. The molecular weight excluding hydrogens is 210 g/mol. The van der Waals surface area contributed by atoms with Gasteiger partial charge in [0.05, 0.1) is 0 Å². The minimum absolute atomic E-state index is 0.0259. The van der Waals surface area contributed by atoms with Gasteiger partial charge in [-0.2, -0.15) is 0 Å². The van der Waals surface area contributed by atoms with E-state index >= 15 is 0 Å². The molecule has 0 bridgehead atoms. The smallest absolute Gasteiger partial charge is 0.159 e. The number of anilines is 1. The van der Waals surface area contributed by atoms with Crippen molar-refractivity contribution < 1.29 is 4.79 Å². The van der Waals surface area contributed by atoms with E-state index in [9.17, 15) is 4.79 Å². The number of halogens is 1. The van der Waals surface area contributed by atoms with E-state index in [-0.39, 0.29) is 5.78 Å². The zero-order valence-corrected chi connectivity index (χ0v) is 9.42. The highest BCUT2D eigenvalue weighted by atomic mass is 35.5. The maximum Gasteiger partial charge on any atom is 0.159 e. The highest BCUT2D eigenvalue weighted by Gasteiger charge is 2.01. The summed E-state index contributed by atoms with van der Waals surface area (Å²) >= 11 is 5.55. The monoisotopic (exact) mass is 223 g/mol.